The number of Topliss-reactive ketones (excluding diaryl/α,β-unsaturated/α-hetero) is 1. The smallest absolute Gasteiger partial charge is 0.293 e. The van der Waals surface area contributed by atoms with E-state index in [2.05, 4.69) is 4.98 Å². The highest BCUT2D eigenvalue weighted by Crippen LogP contribution is 2.47. The van der Waals surface area contributed by atoms with Gasteiger partial charge in [0, 0.05) is 23.4 Å². The molecule has 1 aromatic heterocycles. The summed E-state index contributed by atoms with van der Waals surface area (Å²) in [5.41, 5.74) is -1.78. The fourth-order valence-electron chi connectivity index (χ4n) is 3.47. The Morgan fingerprint density at radius 2 is 1.95 bits per heavy atom. The molecule has 1 aliphatic carbocycles. The second-order valence-electron chi connectivity index (χ2n) is 6.33. The summed E-state index contributed by atoms with van der Waals surface area (Å²) >= 11 is 0. The van der Waals surface area contributed by atoms with E-state index in [1.54, 1.807) is 0 Å². The molecule has 0 N–H and O–H groups in total. The van der Waals surface area contributed by atoms with Crippen LogP contribution in [-0.2, 0) is 6.18 Å². The van der Waals surface area contributed by atoms with Crippen LogP contribution in [0.25, 0.3) is 0 Å². The number of hydrogen-bond donors (Lipinski definition) is 0. The molecule has 5 heteroatoms. The summed E-state index contributed by atoms with van der Waals surface area (Å²) in [6.07, 6.45) is 1.44. The van der Waals surface area contributed by atoms with E-state index in [9.17, 15) is 18.0 Å². The van der Waals surface area contributed by atoms with Gasteiger partial charge in [0.1, 0.15) is 0 Å². The molecule has 0 saturated heterocycles. The van der Waals surface area contributed by atoms with Gasteiger partial charge in [-0.15, -0.1) is 0 Å². The minimum absolute atomic E-state index is 0.271. The van der Waals surface area contributed by atoms with Crippen molar-refractivity contribution in [2.75, 3.05) is 0 Å². The largest absolute Gasteiger partial charge is 0.417 e. The maximum atomic E-state index is 13.1. The third-order valence-electron chi connectivity index (χ3n) is 4.21. The van der Waals surface area contributed by atoms with Crippen molar-refractivity contribution in [3.05, 3.63) is 29.6 Å². The Morgan fingerprint density at radius 1 is 1.33 bits per heavy atom. The van der Waals surface area contributed by atoms with Crippen LogP contribution in [-0.4, -0.2) is 10.8 Å². The number of rotatable bonds is 4. The van der Waals surface area contributed by atoms with Crippen LogP contribution in [0.5, 0.6) is 0 Å². The summed E-state index contributed by atoms with van der Waals surface area (Å²) in [5.74, 6) is -0.104. The highest BCUT2D eigenvalue weighted by Gasteiger charge is 2.45. The summed E-state index contributed by atoms with van der Waals surface area (Å²) in [6, 6.07) is 0.894. The van der Waals surface area contributed by atoms with Crippen LogP contribution in [0, 0.1) is 11.3 Å². The molecule has 0 bridgehead atoms. The highest BCUT2D eigenvalue weighted by atomic mass is 19.4. The number of ketones is 1. The lowest BCUT2D eigenvalue weighted by atomic mass is 9.72. The Bertz CT molecular complexity index is 516. The third kappa shape index (κ3) is 3.27. The Labute approximate surface area is 122 Å². The van der Waals surface area contributed by atoms with E-state index in [0.29, 0.717) is 19.3 Å². The Hall–Kier alpha value is -1.39. The van der Waals surface area contributed by atoms with Gasteiger partial charge in [-0.2, -0.15) is 13.2 Å². The van der Waals surface area contributed by atoms with Crippen molar-refractivity contribution in [2.45, 2.75) is 52.1 Å². The Kier molecular flexibility index (Phi) is 4.40. The van der Waals surface area contributed by atoms with E-state index in [-0.39, 0.29) is 17.3 Å². The van der Waals surface area contributed by atoms with Crippen molar-refractivity contribution in [3.8, 4) is 0 Å². The van der Waals surface area contributed by atoms with Crippen molar-refractivity contribution in [1.29, 1.82) is 0 Å². The fourth-order valence-corrected chi connectivity index (χ4v) is 3.47. The molecular formula is C16H20F3NO. The number of carbonyl (C=O) groups is 1. The number of pyridine rings is 1. The van der Waals surface area contributed by atoms with Gasteiger partial charge in [-0.05, 0) is 31.2 Å². The molecule has 2 rings (SSSR count). The van der Waals surface area contributed by atoms with Gasteiger partial charge in [0.05, 0.1) is 5.56 Å². The number of halogens is 3. The molecule has 116 valence electrons. The van der Waals surface area contributed by atoms with E-state index in [0.717, 1.165) is 31.3 Å². The molecule has 21 heavy (non-hydrogen) atoms. The Morgan fingerprint density at radius 3 is 2.48 bits per heavy atom. The monoisotopic (exact) mass is 299 g/mol. The lowest BCUT2D eigenvalue weighted by molar-refractivity contribution is -0.138. The average molecular weight is 299 g/mol. The van der Waals surface area contributed by atoms with Crippen molar-refractivity contribution in [1.82, 2.24) is 4.98 Å². The number of nitrogens with zero attached hydrogens (tertiary/aromatic N) is 1. The van der Waals surface area contributed by atoms with Gasteiger partial charge in [-0.25, -0.2) is 0 Å². The van der Waals surface area contributed by atoms with E-state index in [1.807, 2.05) is 13.8 Å². The van der Waals surface area contributed by atoms with Crippen LogP contribution in [0.3, 0.4) is 0 Å². The van der Waals surface area contributed by atoms with Gasteiger partial charge >= 0.3 is 6.18 Å². The van der Waals surface area contributed by atoms with Gasteiger partial charge in [0.25, 0.3) is 0 Å². The fraction of sp³-hybridized carbons (Fsp3) is 0.625. The van der Waals surface area contributed by atoms with Crippen LogP contribution in [0.4, 0.5) is 13.2 Å². The number of carbonyl (C=O) groups excluding carboxylic acids is 1. The molecule has 1 fully saturated rings. The lowest BCUT2D eigenvalue weighted by Gasteiger charge is -2.30. The quantitative estimate of drug-likeness (QED) is 0.741. The molecular weight excluding hydrogens is 279 g/mol. The number of hydrogen-bond acceptors (Lipinski definition) is 2. The Balaban J connectivity index is 2.43. The maximum Gasteiger partial charge on any atom is 0.417 e. The first-order chi connectivity index (χ1) is 9.76. The SMILES string of the molecule is CC(C)CC1(C(=O)c2cnccc2C(F)(F)F)CCCC1. The topological polar surface area (TPSA) is 30.0 Å². The second kappa shape index (κ2) is 5.78. The van der Waals surface area contributed by atoms with Gasteiger partial charge in [0.2, 0.25) is 0 Å². The molecule has 0 atom stereocenters. The average Bonchev–Trinajstić information content (AvgIpc) is 2.85. The van der Waals surface area contributed by atoms with Crippen LogP contribution >= 0.6 is 0 Å². The molecule has 1 aliphatic rings. The molecule has 0 unspecified atom stereocenters. The van der Waals surface area contributed by atoms with Crippen molar-refractivity contribution < 1.29 is 18.0 Å². The van der Waals surface area contributed by atoms with E-state index >= 15 is 0 Å². The van der Waals surface area contributed by atoms with Crippen molar-refractivity contribution >= 4 is 5.78 Å². The molecule has 0 spiro atoms. The van der Waals surface area contributed by atoms with Gasteiger partial charge in [0.15, 0.2) is 5.78 Å². The summed E-state index contributed by atoms with van der Waals surface area (Å²) in [6.45, 7) is 4.00. The zero-order valence-corrected chi connectivity index (χ0v) is 12.3. The zero-order valence-electron chi connectivity index (χ0n) is 12.3. The summed E-state index contributed by atoms with van der Waals surface area (Å²) < 4.78 is 39.3. The first kappa shape index (κ1) is 16.0. The van der Waals surface area contributed by atoms with Crippen molar-refractivity contribution in [3.63, 3.8) is 0 Å². The minimum Gasteiger partial charge on any atom is -0.293 e. The van der Waals surface area contributed by atoms with Crippen LogP contribution in [0.2, 0.25) is 0 Å². The van der Waals surface area contributed by atoms with Gasteiger partial charge < -0.3 is 0 Å². The maximum absolute atomic E-state index is 13.1. The summed E-state index contributed by atoms with van der Waals surface area (Å²) in [7, 11) is 0. The minimum atomic E-state index is -4.52. The molecule has 0 aliphatic heterocycles. The predicted molar refractivity (Wildman–Crippen MR) is 73.9 cm³/mol. The summed E-state index contributed by atoms with van der Waals surface area (Å²) in [4.78, 5) is 16.6. The first-order valence-electron chi connectivity index (χ1n) is 7.32. The van der Waals surface area contributed by atoms with E-state index in [1.165, 1.54) is 0 Å². The standard InChI is InChI=1S/C16H20F3NO/c1-11(2)9-15(6-3-4-7-15)14(21)12-10-20-8-5-13(12)16(17,18)19/h5,8,10-11H,3-4,6-7,9H2,1-2H3. The zero-order chi connectivity index (χ0) is 15.7. The van der Waals surface area contributed by atoms with Crippen molar-refractivity contribution in [2.24, 2.45) is 11.3 Å². The molecule has 2 nitrogen and oxygen atoms in total. The molecule has 0 amide bonds. The van der Waals surface area contributed by atoms with Gasteiger partial charge in [-0.3, -0.25) is 9.78 Å². The first-order valence-corrected chi connectivity index (χ1v) is 7.32. The highest BCUT2D eigenvalue weighted by molar-refractivity contribution is 6.01. The number of aromatic nitrogens is 1. The predicted octanol–water partition coefficient (Wildman–Crippen LogP) is 4.89. The van der Waals surface area contributed by atoms with Crippen LogP contribution in [0.15, 0.2) is 18.5 Å². The normalized spacial score (nSPS) is 18.2. The lowest BCUT2D eigenvalue weighted by Crippen LogP contribution is -2.31. The number of alkyl halides is 3. The molecule has 1 aromatic rings. The second-order valence-corrected chi connectivity index (χ2v) is 6.33. The summed E-state index contributed by atoms with van der Waals surface area (Å²) in [5, 5.41) is 0. The van der Waals surface area contributed by atoms with Crippen LogP contribution < -0.4 is 0 Å². The third-order valence-corrected chi connectivity index (χ3v) is 4.21. The van der Waals surface area contributed by atoms with E-state index < -0.39 is 17.2 Å². The molecule has 1 saturated carbocycles. The molecule has 0 aromatic carbocycles. The molecule has 1 heterocycles. The van der Waals surface area contributed by atoms with E-state index in [4.69, 9.17) is 0 Å². The molecule has 0 radical (unpaired) electrons. The van der Waals surface area contributed by atoms with Crippen LogP contribution in [0.1, 0.15) is 61.9 Å². The van der Waals surface area contributed by atoms with Gasteiger partial charge in [-0.1, -0.05) is 26.7 Å².